The molecule has 0 unspecified atom stereocenters. The van der Waals surface area contributed by atoms with Crippen molar-refractivity contribution in [3.05, 3.63) is 56.3 Å². The zero-order chi connectivity index (χ0) is 13.1. The molecule has 0 radical (unpaired) electrons. The third-order valence-corrected chi connectivity index (χ3v) is 2.95. The molecule has 1 aromatic carbocycles. The largest absolute Gasteiger partial charge is 0.433 e. The van der Waals surface area contributed by atoms with Crippen molar-refractivity contribution >= 4 is 34.8 Å². The minimum absolute atomic E-state index is 0.277. The van der Waals surface area contributed by atoms with Crippen LogP contribution in [0, 0.1) is 10.1 Å². The summed E-state index contributed by atoms with van der Waals surface area (Å²) in [5.74, 6) is 0.189. The van der Waals surface area contributed by atoms with Crippen molar-refractivity contribution in [2.45, 2.75) is 6.54 Å². The lowest BCUT2D eigenvalue weighted by atomic mass is 10.3. The Morgan fingerprint density at radius 3 is 2.61 bits per heavy atom. The normalized spacial score (nSPS) is 10.3. The van der Waals surface area contributed by atoms with Gasteiger partial charge in [0.15, 0.2) is 0 Å². The first kappa shape index (κ1) is 12.7. The predicted molar refractivity (Wildman–Crippen MR) is 69.2 cm³/mol. The highest BCUT2D eigenvalue weighted by Crippen LogP contribution is 2.25. The average Bonchev–Trinajstić information content (AvgIpc) is 2.79. The van der Waals surface area contributed by atoms with Crippen LogP contribution in [0.1, 0.15) is 5.76 Å². The van der Waals surface area contributed by atoms with Gasteiger partial charge < -0.3 is 9.73 Å². The van der Waals surface area contributed by atoms with Gasteiger partial charge in [-0.3, -0.25) is 10.1 Å². The second-order valence-corrected chi connectivity index (χ2v) is 4.29. The molecule has 1 N–H and O–H groups in total. The molecule has 0 amide bonds. The first-order valence-corrected chi connectivity index (χ1v) is 5.74. The molecule has 0 saturated carbocycles. The highest BCUT2D eigenvalue weighted by atomic mass is 35.5. The third-order valence-electron chi connectivity index (χ3n) is 2.21. The molecule has 0 bridgehead atoms. The van der Waals surface area contributed by atoms with Gasteiger partial charge in [0.1, 0.15) is 10.7 Å². The van der Waals surface area contributed by atoms with Crippen LogP contribution in [-0.4, -0.2) is 4.92 Å². The van der Waals surface area contributed by atoms with Gasteiger partial charge in [-0.2, -0.15) is 0 Å². The molecular formula is C11H8Cl2N2O3. The Labute approximate surface area is 112 Å². The Balaban J connectivity index is 2.02. The van der Waals surface area contributed by atoms with Crippen LogP contribution < -0.4 is 5.32 Å². The number of anilines is 1. The minimum atomic E-state index is -0.581. The number of benzene rings is 1. The topological polar surface area (TPSA) is 68.3 Å². The highest BCUT2D eigenvalue weighted by molar-refractivity contribution is 6.42. The van der Waals surface area contributed by atoms with E-state index in [1.54, 1.807) is 24.3 Å². The lowest BCUT2D eigenvalue weighted by molar-refractivity contribution is -0.402. The van der Waals surface area contributed by atoms with Gasteiger partial charge >= 0.3 is 5.88 Å². The first-order valence-electron chi connectivity index (χ1n) is 4.98. The van der Waals surface area contributed by atoms with Crippen molar-refractivity contribution in [2.75, 3.05) is 5.32 Å². The molecule has 7 heteroatoms. The van der Waals surface area contributed by atoms with Gasteiger partial charge in [0, 0.05) is 5.69 Å². The standard InChI is InChI=1S/C11H8Cl2N2O3/c12-9-3-1-7(5-10(9)13)14-6-8-2-4-11(18-8)15(16)17/h1-5,14H,6H2. The van der Waals surface area contributed by atoms with Crippen LogP contribution in [0.4, 0.5) is 11.6 Å². The van der Waals surface area contributed by atoms with E-state index in [1.165, 1.54) is 6.07 Å². The lowest BCUT2D eigenvalue weighted by Gasteiger charge is -2.05. The van der Waals surface area contributed by atoms with Crippen molar-refractivity contribution in [1.82, 2.24) is 0 Å². The summed E-state index contributed by atoms with van der Waals surface area (Å²) in [6.45, 7) is 0.325. The van der Waals surface area contributed by atoms with E-state index in [0.29, 0.717) is 22.4 Å². The Bertz CT molecular complexity index is 583. The number of halogens is 2. The van der Waals surface area contributed by atoms with E-state index in [-0.39, 0.29) is 5.88 Å². The molecular weight excluding hydrogens is 279 g/mol. The Kier molecular flexibility index (Phi) is 3.74. The molecule has 2 aromatic rings. The Morgan fingerprint density at radius 2 is 2.00 bits per heavy atom. The van der Waals surface area contributed by atoms with Crippen molar-refractivity contribution in [3.8, 4) is 0 Å². The van der Waals surface area contributed by atoms with Crippen LogP contribution in [0.2, 0.25) is 10.0 Å². The van der Waals surface area contributed by atoms with E-state index in [1.807, 2.05) is 0 Å². The minimum Gasteiger partial charge on any atom is -0.404 e. The zero-order valence-electron chi connectivity index (χ0n) is 9.02. The quantitative estimate of drug-likeness (QED) is 0.678. The summed E-state index contributed by atoms with van der Waals surface area (Å²) in [6, 6.07) is 7.94. The van der Waals surface area contributed by atoms with E-state index < -0.39 is 4.92 Å². The zero-order valence-corrected chi connectivity index (χ0v) is 10.5. The van der Waals surface area contributed by atoms with E-state index in [9.17, 15) is 10.1 Å². The second kappa shape index (κ2) is 5.29. The summed E-state index contributed by atoms with van der Waals surface area (Å²) in [7, 11) is 0. The fourth-order valence-electron chi connectivity index (χ4n) is 1.35. The van der Waals surface area contributed by atoms with Gasteiger partial charge in [-0.25, -0.2) is 0 Å². The molecule has 0 fully saturated rings. The highest BCUT2D eigenvalue weighted by Gasteiger charge is 2.11. The van der Waals surface area contributed by atoms with Crippen LogP contribution in [0.3, 0.4) is 0 Å². The fourth-order valence-corrected chi connectivity index (χ4v) is 1.65. The first-order chi connectivity index (χ1) is 8.56. The number of furan rings is 1. The molecule has 0 aliphatic heterocycles. The molecule has 0 aliphatic rings. The fraction of sp³-hybridized carbons (Fsp3) is 0.0909. The van der Waals surface area contributed by atoms with Crippen LogP contribution in [-0.2, 0) is 6.54 Å². The summed E-state index contributed by atoms with van der Waals surface area (Å²) in [6.07, 6.45) is 0. The molecule has 94 valence electrons. The SMILES string of the molecule is O=[N+]([O-])c1ccc(CNc2ccc(Cl)c(Cl)c2)o1. The predicted octanol–water partition coefficient (Wildman–Crippen LogP) is 4.11. The van der Waals surface area contributed by atoms with Crippen LogP contribution in [0.25, 0.3) is 0 Å². The summed E-state index contributed by atoms with van der Waals surface area (Å²) in [5.41, 5.74) is 0.753. The summed E-state index contributed by atoms with van der Waals surface area (Å²) < 4.78 is 5.00. The number of rotatable bonds is 4. The molecule has 0 aliphatic carbocycles. The van der Waals surface area contributed by atoms with E-state index >= 15 is 0 Å². The van der Waals surface area contributed by atoms with Gasteiger partial charge in [-0.05, 0) is 24.3 Å². The second-order valence-electron chi connectivity index (χ2n) is 3.48. The molecule has 1 heterocycles. The number of nitro groups is 1. The monoisotopic (exact) mass is 286 g/mol. The molecule has 5 nitrogen and oxygen atoms in total. The molecule has 18 heavy (non-hydrogen) atoms. The number of nitrogens with zero attached hydrogens (tertiary/aromatic N) is 1. The summed E-state index contributed by atoms with van der Waals surface area (Å²) in [5, 5.41) is 14.4. The van der Waals surface area contributed by atoms with E-state index in [4.69, 9.17) is 27.6 Å². The maximum absolute atomic E-state index is 10.4. The van der Waals surface area contributed by atoms with Gasteiger partial charge in [0.25, 0.3) is 0 Å². The molecule has 0 spiro atoms. The van der Waals surface area contributed by atoms with Crippen LogP contribution in [0.15, 0.2) is 34.7 Å². The van der Waals surface area contributed by atoms with Gasteiger partial charge in [0.2, 0.25) is 0 Å². The van der Waals surface area contributed by atoms with E-state index in [0.717, 1.165) is 5.69 Å². The Morgan fingerprint density at radius 1 is 1.22 bits per heavy atom. The van der Waals surface area contributed by atoms with Gasteiger partial charge in [0.05, 0.1) is 22.7 Å². The molecule has 0 atom stereocenters. The van der Waals surface area contributed by atoms with Crippen LogP contribution in [0.5, 0.6) is 0 Å². The molecule has 1 aromatic heterocycles. The maximum Gasteiger partial charge on any atom is 0.433 e. The van der Waals surface area contributed by atoms with E-state index in [2.05, 4.69) is 5.32 Å². The summed E-state index contributed by atoms with van der Waals surface area (Å²) in [4.78, 5) is 9.85. The number of nitrogens with one attached hydrogen (secondary N) is 1. The average molecular weight is 287 g/mol. The van der Waals surface area contributed by atoms with Crippen molar-refractivity contribution < 1.29 is 9.34 Å². The molecule has 0 saturated heterocycles. The third kappa shape index (κ3) is 2.94. The van der Waals surface area contributed by atoms with Crippen molar-refractivity contribution in [2.24, 2.45) is 0 Å². The maximum atomic E-state index is 10.4. The van der Waals surface area contributed by atoms with Gasteiger partial charge in [-0.1, -0.05) is 23.2 Å². The Hall–Kier alpha value is -1.72. The van der Waals surface area contributed by atoms with Gasteiger partial charge in [-0.15, -0.1) is 0 Å². The summed E-state index contributed by atoms with van der Waals surface area (Å²) >= 11 is 11.6. The van der Waals surface area contributed by atoms with Crippen molar-refractivity contribution in [3.63, 3.8) is 0 Å². The lowest BCUT2D eigenvalue weighted by Crippen LogP contribution is -1.97. The van der Waals surface area contributed by atoms with Crippen LogP contribution >= 0.6 is 23.2 Å². The molecule has 2 rings (SSSR count). The number of hydrogen-bond donors (Lipinski definition) is 1. The smallest absolute Gasteiger partial charge is 0.404 e. The number of hydrogen-bond acceptors (Lipinski definition) is 4. The van der Waals surface area contributed by atoms with Crippen molar-refractivity contribution in [1.29, 1.82) is 0 Å².